The molecular weight excluding hydrogens is 361 g/mol. The molecule has 1 atom stereocenters. The Balaban J connectivity index is 1.81. The van der Waals surface area contributed by atoms with Gasteiger partial charge >= 0.3 is 0 Å². The summed E-state index contributed by atoms with van der Waals surface area (Å²) in [6, 6.07) is 11.3. The van der Waals surface area contributed by atoms with Gasteiger partial charge in [-0.15, -0.1) is 0 Å². The fraction of sp³-hybridized carbons (Fsp3) is 0.143. The summed E-state index contributed by atoms with van der Waals surface area (Å²) in [5.74, 6) is 0.615. The van der Waals surface area contributed by atoms with Gasteiger partial charge in [-0.3, -0.25) is 9.19 Å². The first-order valence-electron chi connectivity index (χ1n) is 8.61. The Labute approximate surface area is 159 Å². The van der Waals surface area contributed by atoms with Gasteiger partial charge in [-0.1, -0.05) is 18.2 Å². The molecule has 0 amide bonds. The predicted molar refractivity (Wildman–Crippen MR) is 106 cm³/mol. The van der Waals surface area contributed by atoms with Crippen LogP contribution in [0.2, 0.25) is 0 Å². The van der Waals surface area contributed by atoms with E-state index in [1.165, 1.54) is 6.08 Å². The lowest BCUT2D eigenvalue weighted by Gasteiger charge is -2.10. The van der Waals surface area contributed by atoms with Crippen LogP contribution < -0.4 is 0 Å². The van der Waals surface area contributed by atoms with Crippen LogP contribution in [0.15, 0.2) is 71.7 Å². The summed E-state index contributed by atoms with van der Waals surface area (Å²) in [5, 5.41) is 0. The van der Waals surface area contributed by atoms with E-state index >= 15 is 0 Å². The first kappa shape index (κ1) is 17.5. The molecule has 0 spiro atoms. The van der Waals surface area contributed by atoms with Crippen LogP contribution in [0.5, 0.6) is 0 Å². The highest BCUT2D eigenvalue weighted by Crippen LogP contribution is 2.34. The van der Waals surface area contributed by atoms with Crippen molar-refractivity contribution in [2.24, 2.45) is 0 Å². The molecule has 2 aromatic heterocycles. The normalized spacial score (nSPS) is 15.2. The van der Waals surface area contributed by atoms with Crippen molar-refractivity contribution in [1.29, 1.82) is 0 Å². The third-order valence-corrected chi connectivity index (χ3v) is 5.47. The maximum atomic E-state index is 13.4. The van der Waals surface area contributed by atoms with Gasteiger partial charge in [0.25, 0.3) is 0 Å². The maximum Gasteiger partial charge on any atom is 0.138 e. The summed E-state index contributed by atoms with van der Waals surface area (Å²) in [4.78, 5) is 13.1. The summed E-state index contributed by atoms with van der Waals surface area (Å²) in [6.45, 7) is 0. The molecule has 1 N–H and O–H groups in total. The minimum atomic E-state index is -1.02. The summed E-state index contributed by atoms with van der Waals surface area (Å²) in [5.41, 5.74) is 4.59. The zero-order chi connectivity index (χ0) is 18.8. The summed E-state index contributed by atoms with van der Waals surface area (Å²) in [7, 11) is -1.02. The van der Waals surface area contributed by atoms with Crippen LogP contribution in [-0.4, -0.2) is 25.4 Å². The van der Waals surface area contributed by atoms with Crippen molar-refractivity contribution in [3.05, 3.63) is 72.5 Å². The van der Waals surface area contributed by atoms with Gasteiger partial charge < -0.3 is 4.98 Å². The summed E-state index contributed by atoms with van der Waals surface area (Å²) in [6.07, 6.45) is 9.43. The van der Waals surface area contributed by atoms with E-state index in [0.29, 0.717) is 12.8 Å². The minimum Gasteiger partial charge on any atom is -0.337 e. The number of H-pyrrole nitrogens is 1. The van der Waals surface area contributed by atoms with Crippen LogP contribution in [0, 0.1) is 0 Å². The summed E-state index contributed by atoms with van der Waals surface area (Å²) < 4.78 is 25.0. The molecule has 0 radical (unpaired) electrons. The number of allylic oxidation sites excluding steroid dienone is 4. The molecule has 6 heteroatoms. The third kappa shape index (κ3) is 3.66. The van der Waals surface area contributed by atoms with Crippen LogP contribution in [-0.2, 0) is 10.8 Å². The van der Waals surface area contributed by atoms with Crippen LogP contribution in [0.25, 0.3) is 28.2 Å². The lowest BCUT2D eigenvalue weighted by atomic mass is 9.98. The number of nitrogens with one attached hydrogen (secondary N) is 1. The number of hydrogen-bond acceptors (Lipinski definition) is 3. The molecule has 4 rings (SSSR count). The molecule has 1 aliphatic rings. The first-order valence-corrected chi connectivity index (χ1v) is 10.2. The number of pyridine rings is 1. The molecule has 1 unspecified atom stereocenters. The molecule has 4 nitrogen and oxygen atoms in total. The van der Waals surface area contributed by atoms with Crippen LogP contribution in [0.4, 0.5) is 4.39 Å². The Morgan fingerprint density at radius 2 is 1.74 bits per heavy atom. The zero-order valence-electron chi connectivity index (χ0n) is 14.8. The van der Waals surface area contributed by atoms with Crippen molar-refractivity contribution in [2.75, 3.05) is 6.26 Å². The Morgan fingerprint density at radius 1 is 1.00 bits per heavy atom. The molecule has 136 valence electrons. The quantitative estimate of drug-likeness (QED) is 0.701. The van der Waals surface area contributed by atoms with E-state index in [0.717, 1.165) is 38.8 Å². The number of rotatable bonds is 4. The van der Waals surface area contributed by atoms with Gasteiger partial charge in [-0.2, -0.15) is 0 Å². The second-order valence-corrected chi connectivity index (χ2v) is 7.71. The number of imidazole rings is 1. The lowest BCUT2D eigenvalue weighted by molar-refractivity contribution is 0.590. The molecule has 0 saturated carbocycles. The lowest BCUT2D eigenvalue weighted by Crippen LogP contribution is -1.94. The molecule has 0 bridgehead atoms. The molecule has 0 fully saturated rings. The van der Waals surface area contributed by atoms with Crippen molar-refractivity contribution >= 4 is 16.4 Å². The third-order valence-electron chi connectivity index (χ3n) is 4.54. The van der Waals surface area contributed by atoms with E-state index in [-0.39, 0.29) is 5.83 Å². The number of aromatic nitrogens is 3. The van der Waals surface area contributed by atoms with Gasteiger partial charge in [0.15, 0.2) is 0 Å². The molecule has 1 aliphatic carbocycles. The Bertz CT molecular complexity index is 1050. The second kappa shape index (κ2) is 7.40. The fourth-order valence-electron chi connectivity index (χ4n) is 3.08. The minimum absolute atomic E-state index is 0.108. The van der Waals surface area contributed by atoms with E-state index in [9.17, 15) is 8.60 Å². The van der Waals surface area contributed by atoms with E-state index in [4.69, 9.17) is 4.98 Å². The Morgan fingerprint density at radius 3 is 2.37 bits per heavy atom. The van der Waals surface area contributed by atoms with E-state index in [2.05, 4.69) is 9.97 Å². The number of benzene rings is 1. The topological polar surface area (TPSA) is 58.6 Å². The molecule has 1 aromatic carbocycles. The van der Waals surface area contributed by atoms with Gasteiger partial charge in [0.05, 0.1) is 11.4 Å². The highest BCUT2D eigenvalue weighted by molar-refractivity contribution is 7.84. The van der Waals surface area contributed by atoms with Crippen LogP contribution in [0.1, 0.15) is 18.5 Å². The number of hydrogen-bond donors (Lipinski definition) is 1. The highest BCUT2D eigenvalue weighted by Gasteiger charge is 2.18. The van der Waals surface area contributed by atoms with Crippen molar-refractivity contribution in [3.63, 3.8) is 0 Å². The Kier molecular flexibility index (Phi) is 4.81. The van der Waals surface area contributed by atoms with Crippen molar-refractivity contribution in [3.8, 4) is 22.6 Å². The monoisotopic (exact) mass is 379 g/mol. The average molecular weight is 379 g/mol. The van der Waals surface area contributed by atoms with Gasteiger partial charge in [-0.25, -0.2) is 9.37 Å². The van der Waals surface area contributed by atoms with E-state index < -0.39 is 10.8 Å². The van der Waals surface area contributed by atoms with Gasteiger partial charge in [0.2, 0.25) is 0 Å². The number of aromatic amines is 1. The van der Waals surface area contributed by atoms with E-state index in [1.54, 1.807) is 24.7 Å². The fourth-order valence-corrected chi connectivity index (χ4v) is 3.60. The maximum absolute atomic E-state index is 13.4. The van der Waals surface area contributed by atoms with Gasteiger partial charge in [-0.05, 0) is 42.3 Å². The number of nitrogens with zero attached hydrogens (tertiary/aromatic N) is 2. The SMILES string of the molecule is CS(=O)c1ccc(-c2nc(C3=CC=C(F)CC3)c(-c3ccncc3)[nH]2)cc1. The average Bonchev–Trinajstić information content (AvgIpc) is 3.15. The molecule has 3 aromatic rings. The van der Waals surface area contributed by atoms with Crippen LogP contribution >= 0.6 is 0 Å². The zero-order valence-corrected chi connectivity index (χ0v) is 15.6. The molecule has 2 heterocycles. The van der Waals surface area contributed by atoms with Crippen molar-refractivity contribution in [2.45, 2.75) is 17.7 Å². The predicted octanol–water partition coefficient (Wildman–Crippen LogP) is 4.91. The van der Waals surface area contributed by atoms with Crippen LogP contribution in [0.3, 0.4) is 0 Å². The molecule has 0 saturated heterocycles. The smallest absolute Gasteiger partial charge is 0.138 e. The second-order valence-electron chi connectivity index (χ2n) is 6.33. The molecular formula is C21H18FN3OS. The Hall–Kier alpha value is -2.86. The summed E-state index contributed by atoms with van der Waals surface area (Å²) >= 11 is 0. The molecule has 27 heavy (non-hydrogen) atoms. The standard InChI is InChI=1S/C21H18FN3OS/c1-27(26)18-8-4-16(5-9-18)21-24-19(14-2-6-17(22)7-3-14)20(25-21)15-10-12-23-13-11-15/h2,4-6,8-13H,3,7H2,1H3,(H,24,25). The van der Waals surface area contributed by atoms with E-state index in [1.807, 2.05) is 36.4 Å². The highest BCUT2D eigenvalue weighted by atomic mass is 32.2. The molecule has 0 aliphatic heterocycles. The number of halogens is 1. The van der Waals surface area contributed by atoms with Gasteiger partial charge in [0.1, 0.15) is 11.7 Å². The largest absolute Gasteiger partial charge is 0.337 e. The van der Waals surface area contributed by atoms with Crippen molar-refractivity contribution in [1.82, 2.24) is 15.0 Å². The first-order chi connectivity index (χ1) is 13.1. The van der Waals surface area contributed by atoms with Crippen molar-refractivity contribution < 1.29 is 8.60 Å². The van der Waals surface area contributed by atoms with Gasteiger partial charge in [0, 0.05) is 51.9 Å².